The number of carbonyl (C=O) groups is 1. The zero-order chi connectivity index (χ0) is 13.0. The molecular formula is C11H12FN5O. The maximum absolute atomic E-state index is 12.9. The van der Waals surface area contributed by atoms with E-state index in [1.165, 1.54) is 22.9 Å². The summed E-state index contributed by atoms with van der Waals surface area (Å²) in [5.41, 5.74) is 0.408. The van der Waals surface area contributed by atoms with Crippen molar-refractivity contribution < 1.29 is 9.18 Å². The average Bonchev–Trinajstić information content (AvgIpc) is 2.76. The number of anilines is 1. The second-order valence-corrected chi connectivity index (χ2v) is 3.66. The van der Waals surface area contributed by atoms with Crippen LogP contribution in [-0.2, 0) is 17.8 Å². The third-order valence-corrected chi connectivity index (χ3v) is 2.32. The van der Waals surface area contributed by atoms with Crippen molar-refractivity contribution in [2.45, 2.75) is 19.9 Å². The Labute approximate surface area is 103 Å². The van der Waals surface area contributed by atoms with E-state index in [0.29, 0.717) is 17.9 Å². The molecule has 1 heterocycles. The van der Waals surface area contributed by atoms with E-state index >= 15 is 0 Å². The fourth-order valence-corrected chi connectivity index (χ4v) is 1.50. The predicted molar refractivity (Wildman–Crippen MR) is 62.2 cm³/mol. The predicted octanol–water partition coefficient (Wildman–Crippen LogP) is 1.01. The molecule has 0 bridgehead atoms. The molecule has 1 N–H and O–H groups in total. The number of amides is 1. The van der Waals surface area contributed by atoms with E-state index in [1.807, 2.05) is 6.92 Å². The van der Waals surface area contributed by atoms with E-state index in [2.05, 4.69) is 20.8 Å². The van der Waals surface area contributed by atoms with Crippen LogP contribution in [0, 0.1) is 5.82 Å². The monoisotopic (exact) mass is 249 g/mol. The lowest BCUT2D eigenvalue weighted by molar-refractivity contribution is -0.117. The zero-order valence-electron chi connectivity index (χ0n) is 9.80. The van der Waals surface area contributed by atoms with Gasteiger partial charge in [-0.1, -0.05) is 13.0 Å². The summed E-state index contributed by atoms with van der Waals surface area (Å²) in [5, 5.41) is 13.5. The van der Waals surface area contributed by atoms with Gasteiger partial charge in [-0.15, -0.1) is 5.10 Å². The van der Waals surface area contributed by atoms with Crippen LogP contribution in [0.5, 0.6) is 0 Å². The van der Waals surface area contributed by atoms with Crippen molar-refractivity contribution in [2.24, 2.45) is 0 Å². The summed E-state index contributed by atoms with van der Waals surface area (Å²) >= 11 is 0. The number of aromatic nitrogens is 4. The number of hydrogen-bond donors (Lipinski definition) is 1. The van der Waals surface area contributed by atoms with Crippen LogP contribution in [0.25, 0.3) is 0 Å². The van der Waals surface area contributed by atoms with E-state index in [4.69, 9.17) is 0 Å². The number of aryl methyl sites for hydroxylation is 1. The molecule has 0 spiro atoms. The minimum Gasteiger partial charge on any atom is -0.324 e. The minimum absolute atomic E-state index is 0.00663. The van der Waals surface area contributed by atoms with Crippen LogP contribution in [0.15, 0.2) is 24.3 Å². The highest BCUT2D eigenvalue weighted by Crippen LogP contribution is 2.09. The zero-order valence-corrected chi connectivity index (χ0v) is 9.80. The molecule has 1 aromatic heterocycles. The molecule has 0 unspecified atom stereocenters. The van der Waals surface area contributed by atoms with Crippen LogP contribution in [0.1, 0.15) is 12.7 Å². The van der Waals surface area contributed by atoms with E-state index in [0.717, 1.165) is 0 Å². The van der Waals surface area contributed by atoms with Crippen molar-refractivity contribution in [2.75, 3.05) is 5.32 Å². The summed E-state index contributed by atoms with van der Waals surface area (Å²) in [7, 11) is 0. The Bertz CT molecular complexity index is 554. The third-order valence-electron chi connectivity index (χ3n) is 2.32. The Morgan fingerprint density at radius 1 is 1.50 bits per heavy atom. The van der Waals surface area contributed by atoms with Gasteiger partial charge < -0.3 is 5.32 Å². The lowest BCUT2D eigenvalue weighted by atomic mass is 10.3. The fraction of sp³-hybridized carbons (Fsp3) is 0.273. The van der Waals surface area contributed by atoms with Crippen LogP contribution < -0.4 is 5.32 Å². The molecule has 0 aliphatic heterocycles. The lowest BCUT2D eigenvalue weighted by Crippen LogP contribution is -2.21. The molecular weight excluding hydrogens is 237 g/mol. The molecule has 6 nitrogen and oxygen atoms in total. The second-order valence-electron chi connectivity index (χ2n) is 3.66. The van der Waals surface area contributed by atoms with Gasteiger partial charge in [0.25, 0.3) is 0 Å². The summed E-state index contributed by atoms with van der Waals surface area (Å²) < 4.78 is 14.3. The van der Waals surface area contributed by atoms with Crippen LogP contribution in [0.3, 0.4) is 0 Å². The van der Waals surface area contributed by atoms with Crippen LogP contribution in [0.4, 0.5) is 10.1 Å². The summed E-state index contributed by atoms with van der Waals surface area (Å²) in [6.45, 7) is 1.90. The molecule has 94 valence electrons. The van der Waals surface area contributed by atoms with Gasteiger partial charge in [-0.25, -0.2) is 9.07 Å². The number of nitrogens with zero attached hydrogens (tertiary/aromatic N) is 4. The molecule has 0 aliphatic rings. The topological polar surface area (TPSA) is 72.7 Å². The third kappa shape index (κ3) is 2.88. The van der Waals surface area contributed by atoms with Gasteiger partial charge in [-0.3, -0.25) is 4.79 Å². The van der Waals surface area contributed by atoms with Crippen molar-refractivity contribution in [3.05, 3.63) is 35.9 Å². The van der Waals surface area contributed by atoms with E-state index in [-0.39, 0.29) is 12.5 Å². The Balaban J connectivity index is 2.01. The molecule has 18 heavy (non-hydrogen) atoms. The van der Waals surface area contributed by atoms with Gasteiger partial charge in [0, 0.05) is 12.1 Å². The Hall–Kier alpha value is -2.31. The molecule has 0 atom stereocenters. The van der Waals surface area contributed by atoms with E-state index in [1.54, 1.807) is 6.07 Å². The van der Waals surface area contributed by atoms with Crippen molar-refractivity contribution in [3.8, 4) is 0 Å². The Kier molecular flexibility index (Phi) is 3.61. The lowest BCUT2D eigenvalue weighted by Gasteiger charge is -2.05. The molecule has 7 heteroatoms. The van der Waals surface area contributed by atoms with Crippen molar-refractivity contribution in [1.29, 1.82) is 0 Å². The highest BCUT2D eigenvalue weighted by atomic mass is 19.1. The first kappa shape index (κ1) is 12.2. The number of benzene rings is 1. The molecule has 1 aromatic carbocycles. The number of halogens is 1. The molecule has 0 saturated heterocycles. The number of rotatable bonds is 4. The number of tetrazole rings is 1. The first-order valence-electron chi connectivity index (χ1n) is 5.49. The smallest absolute Gasteiger partial charge is 0.246 e. The summed E-state index contributed by atoms with van der Waals surface area (Å²) in [6, 6.07) is 5.70. The first-order chi connectivity index (χ1) is 8.69. The minimum atomic E-state index is -0.399. The van der Waals surface area contributed by atoms with Crippen molar-refractivity contribution >= 4 is 11.6 Å². The van der Waals surface area contributed by atoms with Gasteiger partial charge in [-0.05, 0) is 28.6 Å². The fourth-order valence-electron chi connectivity index (χ4n) is 1.50. The summed E-state index contributed by atoms with van der Waals surface area (Å²) in [5.74, 6) is -0.0727. The average molecular weight is 249 g/mol. The molecule has 0 saturated carbocycles. The molecule has 1 amide bonds. The normalized spacial score (nSPS) is 10.3. The quantitative estimate of drug-likeness (QED) is 0.877. The molecule has 0 radical (unpaired) electrons. The SMILES string of the molecule is CCc1nnnn1CC(=O)Nc1cccc(F)c1. The number of hydrogen-bond acceptors (Lipinski definition) is 4. The van der Waals surface area contributed by atoms with Crippen LogP contribution >= 0.6 is 0 Å². The molecule has 2 aromatic rings. The number of nitrogens with one attached hydrogen (secondary N) is 1. The first-order valence-corrected chi connectivity index (χ1v) is 5.49. The second kappa shape index (κ2) is 5.35. The van der Waals surface area contributed by atoms with Gasteiger partial charge in [0.2, 0.25) is 5.91 Å². The maximum Gasteiger partial charge on any atom is 0.246 e. The molecule has 0 fully saturated rings. The highest BCUT2D eigenvalue weighted by molar-refractivity contribution is 5.90. The van der Waals surface area contributed by atoms with Crippen molar-refractivity contribution in [1.82, 2.24) is 20.2 Å². The highest BCUT2D eigenvalue weighted by Gasteiger charge is 2.09. The van der Waals surface area contributed by atoms with Gasteiger partial charge >= 0.3 is 0 Å². The number of carbonyl (C=O) groups excluding carboxylic acids is 1. The standard InChI is InChI=1S/C11H12FN5O/c1-2-10-14-15-16-17(10)7-11(18)13-9-5-3-4-8(12)6-9/h3-6H,2,7H2,1H3,(H,13,18). The van der Waals surface area contributed by atoms with Gasteiger partial charge in [-0.2, -0.15) is 0 Å². The Morgan fingerprint density at radius 2 is 2.33 bits per heavy atom. The largest absolute Gasteiger partial charge is 0.324 e. The van der Waals surface area contributed by atoms with Crippen LogP contribution in [0.2, 0.25) is 0 Å². The molecule has 0 aliphatic carbocycles. The summed E-state index contributed by atoms with van der Waals surface area (Å²) in [4.78, 5) is 11.7. The summed E-state index contributed by atoms with van der Waals surface area (Å²) in [6.07, 6.45) is 0.639. The van der Waals surface area contributed by atoms with Gasteiger partial charge in [0.15, 0.2) is 5.82 Å². The van der Waals surface area contributed by atoms with Gasteiger partial charge in [0.05, 0.1) is 0 Å². The van der Waals surface area contributed by atoms with E-state index < -0.39 is 5.82 Å². The van der Waals surface area contributed by atoms with E-state index in [9.17, 15) is 9.18 Å². The Morgan fingerprint density at radius 3 is 3.06 bits per heavy atom. The maximum atomic E-state index is 12.9. The van der Waals surface area contributed by atoms with Crippen molar-refractivity contribution in [3.63, 3.8) is 0 Å². The molecule has 2 rings (SSSR count). The van der Waals surface area contributed by atoms with Crippen LogP contribution in [-0.4, -0.2) is 26.1 Å². The van der Waals surface area contributed by atoms with Gasteiger partial charge in [0.1, 0.15) is 12.4 Å².